The second kappa shape index (κ2) is 7.30. The van der Waals surface area contributed by atoms with Gasteiger partial charge in [-0.3, -0.25) is 5.43 Å². The van der Waals surface area contributed by atoms with Crippen LogP contribution in [0.3, 0.4) is 0 Å². The number of hydrazone groups is 1. The third kappa shape index (κ3) is 4.41. The van der Waals surface area contributed by atoms with Gasteiger partial charge in [0.2, 0.25) is 5.13 Å². The van der Waals surface area contributed by atoms with E-state index in [2.05, 4.69) is 15.5 Å². The lowest BCUT2D eigenvalue weighted by atomic mass is 10.0. The molecular weight excluding hydrogens is 351 g/mol. The van der Waals surface area contributed by atoms with E-state index in [4.69, 9.17) is 5.73 Å². The summed E-state index contributed by atoms with van der Waals surface area (Å²) in [6, 6.07) is 4.29. The molecule has 0 amide bonds. The Hall–Kier alpha value is -2.29. The number of alkyl halides is 3. The number of nitrogens with two attached hydrogens (primary N) is 1. The van der Waals surface area contributed by atoms with Crippen molar-refractivity contribution in [2.45, 2.75) is 25.4 Å². The highest BCUT2D eigenvalue weighted by atomic mass is 32.1. The second-order valence-electron chi connectivity index (χ2n) is 5.77. The third-order valence-corrected chi connectivity index (χ3v) is 4.68. The molecule has 1 saturated heterocycles. The van der Waals surface area contributed by atoms with Crippen molar-refractivity contribution in [1.29, 1.82) is 0 Å². The van der Waals surface area contributed by atoms with E-state index in [0.717, 1.165) is 25.3 Å². The van der Waals surface area contributed by atoms with Crippen LogP contribution >= 0.6 is 11.3 Å². The molecule has 0 bridgehead atoms. The summed E-state index contributed by atoms with van der Waals surface area (Å²) >= 11 is 1.27. The van der Waals surface area contributed by atoms with Crippen molar-refractivity contribution in [3.63, 3.8) is 0 Å². The van der Waals surface area contributed by atoms with E-state index in [1.54, 1.807) is 11.4 Å². The molecule has 9 heteroatoms. The van der Waals surface area contributed by atoms with E-state index in [1.807, 2.05) is 4.90 Å². The monoisotopic (exact) mass is 369 g/mol. The second-order valence-corrected chi connectivity index (χ2v) is 6.63. The number of piperidine rings is 1. The summed E-state index contributed by atoms with van der Waals surface area (Å²) in [6.45, 7) is 1.31. The summed E-state index contributed by atoms with van der Waals surface area (Å²) in [4.78, 5) is 5.77. The van der Waals surface area contributed by atoms with Crippen molar-refractivity contribution in [2.24, 2.45) is 5.10 Å². The van der Waals surface area contributed by atoms with Crippen LogP contribution < -0.4 is 16.1 Å². The SMILES string of the molecule is Nc1csc(NN=Cc2ccc(N3CCCCC3)c(C(F)(F)F)c2)n1. The number of benzene rings is 1. The molecular formula is C16H18F3N5S. The molecule has 2 aromatic rings. The van der Waals surface area contributed by atoms with E-state index < -0.39 is 11.7 Å². The Morgan fingerprint density at radius 1 is 1.24 bits per heavy atom. The number of rotatable bonds is 4. The molecule has 0 spiro atoms. The van der Waals surface area contributed by atoms with Gasteiger partial charge in [-0.1, -0.05) is 6.07 Å². The van der Waals surface area contributed by atoms with Crippen molar-refractivity contribution < 1.29 is 13.2 Å². The van der Waals surface area contributed by atoms with Gasteiger partial charge >= 0.3 is 6.18 Å². The van der Waals surface area contributed by atoms with Crippen molar-refractivity contribution in [3.05, 3.63) is 34.7 Å². The van der Waals surface area contributed by atoms with E-state index in [1.165, 1.54) is 23.6 Å². The smallest absolute Gasteiger partial charge is 0.383 e. The van der Waals surface area contributed by atoms with Crippen molar-refractivity contribution in [3.8, 4) is 0 Å². The van der Waals surface area contributed by atoms with E-state index in [-0.39, 0.29) is 5.69 Å². The minimum atomic E-state index is -4.41. The number of anilines is 3. The summed E-state index contributed by atoms with van der Waals surface area (Å²) in [6.07, 6.45) is -0.168. The fourth-order valence-electron chi connectivity index (χ4n) is 2.77. The maximum absolute atomic E-state index is 13.5. The average molecular weight is 369 g/mol. The molecule has 1 aromatic carbocycles. The number of halogens is 3. The Morgan fingerprint density at radius 3 is 2.64 bits per heavy atom. The van der Waals surface area contributed by atoms with Crippen molar-refractivity contribution in [1.82, 2.24) is 4.98 Å². The zero-order valence-corrected chi connectivity index (χ0v) is 14.2. The molecule has 1 fully saturated rings. The first-order chi connectivity index (χ1) is 11.9. The van der Waals surface area contributed by atoms with Crippen molar-refractivity contribution >= 4 is 34.2 Å². The Morgan fingerprint density at radius 2 is 2.00 bits per heavy atom. The molecule has 1 aromatic heterocycles. The molecule has 0 unspecified atom stereocenters. The number of hydrogen-bond donors (Lipinski definition) is 2. The number of aromatic nitrogens is 1. The highest BCUT2D eigenvalue weighted by molar-refractivity contribution is 7.14. The highest BCUT2D eigenvalue weighted by Gasteiger charge is 2.35. The number of nitrogens with zero attached hydrogens (tertiary/aromatic N) is 3. The fraction of sp³-hybridized carbons (Fsp3) is 0.375. The molecule has 134 valence electrons. The van der Waals surface area contributed by atoms with Crippen LogP contribution in [0.25, 0.3) is 0 Å². The molecule has 25 heavy (non-hydrogen) atoms. The largest absolute Gasteiger partial charge is 0.418 e. The van der Waals surface area contributed by atoms with Crippen LogP contribution in [-0.4, -0.2) is 24.3 Å². The van der Waals surface area contributed by atoms with Gasteiger partial charge in [0.25, 0.3) is 0 Å². The zero-order valence-electron chi connectivity index (χ0n) is 13.4. The predicted molar refractivity (Wildman–Crippen MR) is 95.3 cm³/mol. The van der Waals surface area contributed by atoms with Gasteiger partial charge in [0, 0.05) is 24.2 Å². The standard InChI is InChI=1S/C16H18F3N5S/c17-16(18,19)12-8-11(9-21-23-15-22-14(20)10-25-15)4-5-13(12)24-6-2-1-3-7-24/h4-5,8-10H,1-3,6-7,20H2,(H,22,23). The molecule has 1 aliphatic rings. The molecule has 1 aliphatic heterocycles. The summed E-state index contributed by atoms with van der Waals surface area (Å²) in [5.41, 5.74) is 8.13. The van der Waals surface area contributed by atoms with Crippen LogP contribution in [0.2, 0.25) is 0 Å². The molecule has 3 N–H and O–H groups in total. The van der Waals surface area contributed by atoms with Gasteiger partial charge < -0.3 is 10.6 Å². The number of hydrogen-bond acceptors (Lipinski definition) is 6. The Labute approximate surface area is 147 Å². The molecule has 0 atom stereocenters. The van der Waals surface area contributed by atoms with Crippen LogP contribution in [0.5, 0.6) is 0 Å². The van der Waals surface area contributed by atoms with E-state index >= 15 is 0 Å². The Balaban J connectivity index is 1.81. The van der Waals surface area contributed by atoms with Gasteiger partial charge in [0.15, 0.2) is 0 Å². The highest BCUT2D eigenvalue weighted by Crippen LogP contribution is 2.38. The van der Waals surface area contributed by atoms with Gasteiger partial charge in [-0.15, -0.1) is 11.3 Å². The maximum atomic E-state index is 13.5. The van der Waals surface area contributed by atoms with E-state index in [9.17, 15) is 13.2 Å². The first-order valence-corrected chi connectivity index (χ1v) is 8.78. The molecule has 3 rings (SSSR count). The Bertz CT molecular complexity index is 750. The van der Waals surface area contributed by atoms with Crippen LogP contribution in [0.15, 0.2) is 28.7 Å². The summed E-state index contributed by atoms with van der Waals surface area (Å²) < 4.78 is 40.4. The minimum Gasteiger partial charge on any atom is -0.383 e. The maximum Gasteiger partial charge on any atom is 0.418 e. The zero-order chi connectivity index (χ0) is 17.9. The van der Waals surface area contributed by atoms with Gasteiger partial charge in [0.05, 0.1) is 11.8 Å². The molecule has 2 heterocycles. The predicted octanol–water partition coefficient (Wildman–Crippen LogP) is 4.18. The number of thiazole rings is 1. The molecule has 5 nitrogen and oxygen atoms in total. The topological polar surface area (TPSA) is 66.5 Å². The average Bonchev–Trinajstić information content (AvgIpc) is 3.00. The van der Waals surface area contributed by atoms with Crippen LogP contribution in [0.1, 0.15) is 30.4 Å². The lowest BCUT2D eigenvalue weighted by Gasteiger charge is -2.31. The van der Waals surface area contributed by atoms with Crippen LogP contribution in [0, 0.1) is 0 Å². The summed E-state index contributed by atoms with van der Waals surface area (Å²) in [5.74, 6) is 0.368. The van der Waals surface area contributed by atoms with Crippen molar-refractivity contribution in [2.75, 3.05) is 29.1 Å². The normalized spacial score (nSPS) is 15.7. The number of nitrogen functional groups attached to an aromatic ring is 1. The van der Waals surface area contributed by atoms with Gasteiger partial charge in [-0.25, -0.2) is 4.98 Å². The van der Waals surface area contributed by atoms with Gasteiger partial charge in [-0.05, 0) is 37.0 Å². The van der Waals surface area contributed by atoms with Crippen LogP contribution in [0.4, 0.5) is 29.8 Å². The van der Waals surface area contributed by atoms with E-state index in [0.29, 0.717) is 29.6 Å². The number of nitrogens with one attached hydrogen (secondary N) is 1. The van der Waals surface area contributed by atoms with Gasteiger partial charge in [0.1, 0.15) is 5.82 Å². The lowest BCUT2D eigenvalue weighted by molar-refractivity contribution is -0.137. The molecule has 0 aliphatic carbocycles. The first kappa shape index (κ1) is 17.5. The first-order valence-electron chi connectivity index (χ1n) is 7.90. The quantitative estimate of drug-likeness (QED) is 0.627. The third-order valence-electron chi connectivity index (χ3n) is 3.92. The fourth-order valence-corrected chi connectivity index (χ4v) is 3.32. The van der Waals surface area contributed by atoms with Crippen LogP contribution in [-0.2, 0) is 6.18 Å². The van der Waals surface area contributed by atoms with Gasteiger partial charge in [-0.2, -0.15) is 18.3 Å². The molecule has 0 radical (unpaired) electrons. The summed E-state index contributed by atoms with van der Waals surface area (Å²) in [5, 5.41) is 6.05. The minimum absolute atomic E-state index is 0.241. The summed E-state index contributed by atoms with van der Waals surface area (Å²) in [7, 11) is 0. The molecule has 0 saturated carbocycles. The lowest BCUT2D eigenvalue weighted by Crippen LogP contribution is -2.31. The Kier molecular flexibility index (Phi) is 5.12.